The first-order valence-electron chi connectivity index (χ1n) is 6.65. The fourth-order valence-corrected chi connectivity index (χ4v) is 2.44. The van der Waals surface area contributed by atoms with Crippen LogP contribution in [0.3, 0.4) is 0 Å². The summed E-state index contributed by atoms with van der Waals surface area (Å²) in [5.41, 5.74) is 1.32. The summed E-state index contributed by atoms with van der Waals surface area (Å²) >= 11 is 0. The van der Waals surface area contributed by atoms with E-state index in [1.165, 1.54) is 5.56 Å². The summed E-state index contributed by atoms with van der Waals surface area (Å²) in [7, 11) is 0. The second-order valence-electron chi connectivity index (χ2n) is 5.31. The van der Waals surface area contributed by atoms with Crippen molar-refractivity contribution in [3.8, 4) is 5.75 Å². The molecular weight excluding hydrogens is 210 g/mol. The molecule has 2 atom stereocenters. The summed E-state index contributed by atoms with van der Waals surface area (Å²) in [5, 5.41) is 3.46. The fraction of sp³-hybridized carbons (Fsp3) is 0.600. The van der Waals surface area contributed by atoms with Gasteiger partial charge in [-0.3, -0.25) is 0 Å². The number of hydrogen-bond donors (Lipinski definition) is 1. The van der Waals surface area contributed by atoms with Crippen LogP contribution in [0.15, 0.2) is 24.3 Å². The van der Waals surface area contributed by atoms with E-state index in [0.29, 0.717) is 18.1 Å². The molecule has 0 radical (unpaired) electrons. The molecule has 2 heteroatoms. The lowest BCUT2D eigenvalue weighted by Crippen LogP contribution is -2.40. The standard InChI is InChI=1S/C15H23NO/c1-11(2)14-6-4-5-7-15(14)17-13-8-9-16-12(3)10-13/h4-7,11-13,16H,8-10H2,1-3H3. The molecular formula is C15H23NO. The summed E-state index contributed by atoms with van der Waals surface area (Å²) in [4.78, 5) is 0. The van der Waals surface area contributed by atoms with E-state index in [-0.39, 0.29) is 0 Å². The van der Waals surface area contributed by atoms with Crippen LogP contribution in [-0.4, -0.2) is 18.7 Å². The Kier molecular flexibility index (Phi) is 4.06. The average molecular weight is 233 g/mol. The topological polar surface area (TPSA) is 21.3 Å². The number of nitrogens with one attached hydrogen (secondary N) is 1. The predicted octanol–water partition coefficient (Wildman–Crippen LogP) is 3.33. The average Bonchev–Trinajstić information content (AvgIpc) is 2.29. The van der Waals surface area contributed by atoms with Crippen LogP contribution < -0.4 is 10.1 Å². The van der Waals surface area contributed by atoms with Crippen LogP contribution in [0.1, 0.15) is 45.1 Å². The van der Waals surface area contributed by atoms with Gasteiger partial charge in [0.1, 0.15) is 11.9 Å². The van der Waals surface area contributed by atoms with Crippen molar-refractivity contribution in [3.05, 3.63) is 29.8 Å². The number of ether oxygens (including phenoxy) is 1. The van der Waals surface area contributed by atoms with Crippen LogP contribution in [0.4, 0.5) is 0 Å². The van der Waals surface area contributed by atoms with Crippen molar-refractivity contribution < 1.29 is 4.74 Å². The molecule has 0 aliphatic carbocycles. The van der Waals surface area contributed by atoms with Crippen LogP contribution in [0.5, 0.6) is 5.75 Å². The van der Waals surface area contributed by atoms with Gasteiger partial charge in [-0.05, 0) is 43.9 Å². The van der Waals surface area contributed by atoms with E-state index in [2.05, 4.69) is 50.4 Å². The van der Waals surface area contributed by atoms with Gasteiger partial charge < -0.3 is 10.1 Å². The quantitative estimate of drug-likeness (QED) is 0.864. The summed E-state index contributed by atoms with van der Waals surface area (Å²) in [6.45, 7) is 7.72. The molecule has 1 heterocycles. The van der Waals surface area contributed by atoms with Crippen LogP contribution in [0.2, 0.25) is 0 Å². The number of hydrogen-bond acceptors (Lipinski definition) is 2. The lowest BCUT2D eigenvalue weighted by molar-refractivity contribution is 0.142. The normalized spacial score (nSPS) is 24.9. The Morgan fingerprint density at radius 3 is 2.76 bits per heavy atom. The van der Waals surface area contributed by atoms with Crippen LogP contribution in [-0.2, 0) is 0 Å². The van der Waals surface area contributed by atoms with Crippen molar-refractivity contribution >= 4 is 0 Å². The van der Waals surface area contributed by atoms with E-state index in [9.17, 15) is 0 Å². The van der Waals surface area contributed by atoms with Crippen molar-refractivity contribution in [3.63, 3.8) is 0 Å². The van der Waals surface area contributed by atoms with Gasteiger partial charge in [0.25, 0.3) is 0 Å². The highest BCUT2D eigenvalue weighted by atomic mass is 16.5. The van der Waals surface area contributed by atoms with Gasteiger partial charge >= 0.3 is 0 Å². The van der Waals surface area contributed by atoms with E-state index in [1.807, 2.05) is 0 Å². The Bertz CT molecular complexity index is 362. The molecule has 94 valence electrons. The number of piperidine rings is 1. The summed E-state index contributed by atoms with van der Waals surface area (Å²) in [6.07, 6.45) is 2.58. The van der Waals surface area contributed by atoms with Crippen molar-refractivity contribution in [2.24, 2.45) is 0 Å². The van der Waals surface area contributed by atoms with Gasteiger partial charge in [0.15, 0.2) is 0 Å². The number of para-hydroxylation sites is 1. The maximum Gasteiger partial charge on any atom is 0.123 e. The molecule has 0 aromatic heterocycles. The Morgan fingerprint density at radius 1 is 1.29 bits per heavy atom. The zero-order valence-corrected chi connectivity index (χ0v) is 11.1. The number of benzene rings is 1. The van der Waals surface area contributed by atoms with Gasteiger partial charge in [0.2, 0.25) is 0 Å². The fourth-order valence-electron chi connectivity index (χ4n) is 2.44. The minimum Gasteiger partial charge on any atom is -0.490 e. The van der Waals surface area contributed by atoms with Gasteiger partial charge in [-0.1, -0.05) is 32.0 Å². The van der Waals surface area contributed by atoms with Gasteiger partial charge in [0.05, 0.1) is 0 Å². The first kappa shape index (κ1) is 12.4. The smallest absolute Gasteiger partial charge is 0.123 e. The third-order valence-corrected chi connectivity index (χ3v) is 3.41. The first-order chi connectivity index (χ1) is 8.16. The van der Waals surface area contributed by atoms with E-state index >= 15 is 0 Å². The van der Waals surface area contributed by atoms with E-state index in [0.717, 1.165) is 25.1 Å². The van der Waals surface area contributed by atoms with Crippen LogP contribution in [0, 0.1) is 0 Å². The third-order valence-electron chi connectivity index (χ3n) is 3.41. The molecule has 1 aromatic carbocycles. The van der Waals surface area contributed by atoms with Gasteiger partial charge in [-0.25, -0.2) is 0 Å². The molecule has 0 bridgehead atoms. The molecule has 2 unspecified atom stereocenters. The monoisotopic (exact) mass is 233 g/mol. The second-order valence-corrected chi connectivity index (χ2v) is 5.31. The molecule has 1 aliphatic rings. The Morgan fingerprint density at radius 2 is 2.06 bits per heavy atom. The van der Waals surface area contributed by atoms with Crippen LogP contribution in [0.25, 0.3) is 0 Å². The summed E-state index contributed by atoms with van der Waals surface area (Å²) in [6, 6.07) is 8.99. The largest absolute Gasteiger partial charge is 0.490 e. The van der Waals surface area contributed by atoms with E-state index in [4.69, 9.17) is 4.74 Å². The molecule has 1 saturated heterocycles. The number of rotatable bonds is 3. The second kappa shape index (κ2) is 5.54. The van der Waals surface area contributed by atoms with Gasteiger partial charge in [0, 0.05) is 6.04 Å². The highest BCUT2D eigenvalue weighted by Gasteiger charge is 2.20. The Balaban J connectivity index is 2.07. The third kappa shape index (κ3) is 3.22. The van der Waals surface area contributed by atoms with Crippen molar-refractivity contribution in [1.82, 2.24) is 5.32 Å². The molecule has 1 fully saturated rings. The first-order valence-corrected chi connectivity index (χ1v) is 6.65. The molecule has 2 nitrogen and oxygen atoms in total. The maximum atomic E-state index is 6.18. The zero-order valence-electron chi connectivity index (χ0n) is 11.1. The highest BCUT2D eigenvalue weighted by Crippen LogP contribution is 2.28. The summed E-state index contributed by atoms with van der Waals surface area (Å²) in [5.74, 6) is 1.59. The minimum atomic E-state index is 0.367. The summed E-state index contributed by atoms with van der Waals surface area (Å²) < 4.78 is 6.18. The van der Waals surface area contributed by atoms with Crippen molar-refractivity contribution in [2.45, 2.75) is 51.7 Å². The molecule has 1 aliphatic heterocycles. The van der Waals surface area contributed by atoms with E-state index < -0.39 is 0 Å². The molecule has 0 spiro atoms. The SMILES string of the molecule is CC1CC(Oc2ccccc2C(C)C)CCN1. The zero-order chi connectivity index (χ0) is 12.3. The Hall–Kier alpha value is -1.02. The van der Waals surface area contributed by atoms with Crippen molar-refractivity contribution in [2.75, 3.05) is 6.54 Å². The van der Waals surface area contributed by atoms with Gasteiger partial charge in [-0.2, -0.15) is 0 Å². The molecule has 0 amide bonds. The van der Waals surface area contributed by atoms with Crippen LogP contribution >= 0.6 is 0 Å². The lowest BCUT2D eigenvalue weighted by Gasteiger charge is -2.29. The molecule has 2 rings (SSSR count). The highest BCUT2D eigenvalue weighted by molar-refractivity contribution is 5.35. The van der Waals surface area contributed by atoms with Gasteiger partial charge in [-0.15, -0.1) is 0 Å². The lowest BCUT2D eigenvalue weighted by atomic mass is 10.0. The Labute approximate surface area is 104 Å². The molecule has 1 N–H and O–H groups in total. The molecule has 0 saturated carbocycles. The minimum absolute atomic E-state index is 0.367. The molecule has 1 aromatic rings. The maximum absolute atomic E-state index is 6.18. The molecule has 17 heavy (non-hydrogen) atoms. The van der Waals surface area contributed by atoms with Crippen molar-refractivity contribution in [1.29, 1.82) is 0 Å². The predicted molar refractivity (Wildman–Crippen MR) is 71.6 cm³/mol. The van der Waals surface area contributed by atoms with E-state index in [1.54, 1.807) is 0 Å².